The van der Waals surface area contributed by atoms with E-state index in [1.54, 1.807) is 41.3 Å². The van der Waals surface area contributed by atoms with E-state index in [4.69, 9.17) is 11.6 Å². The number of anilines is 2. The van der Waals surface area contributed by atoms with Crippen molar-refractivity contribution in [1.29, 1.82) is 0 Å². The second-order valence-electron chi connectivity index (χ2n) is 5.49. The van der Waals surface area contributed by atoms with Gasteiger partial charge in [0.05, 0.1) is 6.04 Å². The fourth-order valence-electron chi connectivity index (χ4n) is 2.56. The Labute approximate surface area is 153 Å². The molecule has 1 saturated heterocycles. The van der Waals surface area contributed by atoms with Crippen molar-refractivity contribution in [3.05, 3.63) is 58.0 Å². The number of rotatable bonds is 3. The van der Waals surface area contributed by atoms with Gasteiger partial charge in [-0.1, -0.05) is 27.5 Å². The van der Waals surface area contributed by atoms with Gasteiger partial charge in [0.25, 0.3) is 0 Å². The van der Waals surface area contributed by atoms with Crippen LogP contribution in [-0.2, 0) is 4.79 Å². The number of benzene rings is 2. The Kier molecular flexibility index (Phi) is 5.06. The van der Waals surface area contributed by atoms with E-state index in [2.05, 4.69) is 26.6 Å². The molecule has 1 aliphatic rings. The Morgan fingerprint density at radius 1 is 1.12 bits per heavy atom. The lowest BCUT2D eigenvalue weighted by Crippen LogP contribution is -2.39. The summed E-state index contributed by atoms with van der Waals surface area (Å²) in [5, 5.41) is 6.21. The van der Waals surface area contributed by atoms with Gasteiger partial charge in [-0.15, -0.1) is 0 Å². The van der Waals surface area contributed by atoms with Crippen molar-refractivity contribution in [2.75, 3.05) is 16.8 Å². The van der Waals surface area contributed by atoms with E-state index in [0.29, 0.717) is 17.3 Å². The Hall–Kier alpha value is -2.05. The molecule has 5 nitrogen and oxygen atoms in total. The third-order valence-electron chi connectivity index (χ3n) is 3.70. The molecule has 3 amide bonds. The second-order valence-corrected chi connectivity index (χ2v) is 6.84. The number of hydrogen-bond donors (Lipinski definition) is 2. The van der Waals surface area contributed by atoms with E-state index >= 15 is 0 Å². The molecule has 124 valence electrons. The lowest BCUT2D eigenvalue weighted by molar-refractivity contribution is -0.117. The molecule has 1 heterocycles. The first-order valence-electron chi connectivity index (χ1n) is 7.40. The first-order chi connectivity index (χ1) is 11.5. The molecule has 0 saturated carbocycles. The predicted octanol–water partition coefficient (Wildman–Crippen LogP) is 4.03. The minimum absolute atomic E-state index is 0.0220. The molecule has 2 aromatic rings. The molecule has 0 radical (unpaired) electrons. The molecule has 0 aromatic heterocycles. The quantitative estimate of drug-likeness (QED) is 0.805. The molecule has 0 unspecified atom stereocenters. The summed E-state index contributed by atoms with van der Waals surface area (Å²) in [6, 6.07) is 13.8. The highest BCUT2D eigenvalue weighted by Crippen LogP contribution is 2.23. The van der Waals surface area contributed by atoms with Gasteiger partial charge in [-0.2, -0.15) is 0 Å². The maximum absolute atomic E-state index is 12.2. The summed E-state index contributed by atoms with van der Waals surface area (Å²) in [6.45, 7) is 0.439. The van der Waals surface area contributed by atoms with Crippen LogP contribution >= 0.6 is 27.5 Å². The highest BCUT2D eigenvalue weighted by molar-refractivity contribution is 9.10. The lowest BCUT2D eigenvalue weighted by atomic mass is 10.2. The van der Waals surface area contributed by atoms with Crippen molar-refractivity contribution < 1.29 is 9.59 Å². The first-order valence-corrected chi connectivity index (χ1v) is 8.57. The number of hydrogen-bond acceptors (Lipinski definition) is 2. The van der Waals surface area contributed by atoms with E-state index in [0.717, 1.165) is 10.2 Å². The monoisotopic (exact) mass is 407 g/mol. The van der Waals surface area contributed by atoms with E-state index in [1.165, 1.54) is 0 Å². The van der Waals surface area contributed by atoms with Gasteiger partial charge in [-0.3, -0.25) is 4.79 Å². The van der Waals surface area contributed by atoms with Crippen LogP contribution in [0.15, 0.2) is 53.0 Å². The normalized spacial score (nSPS) is 17.0. The number of carbonyl (C=O) groups is 2. The highest BCUT2D eigenvalue weighted by atomic mass is 79.9. The number of nitrogens with one attached hydrogen (secondary N) is 2. The molecule has 1 atom stereocenters. The standard InChI is InChI=1S/C17H15BrClN3O2/c18-11-1-5-13(6-2-11)20-17(24)21-14-9-16(23)22(10-14)15-7-3-12(19)4-8-15/h1-8,14H,9-10H2,(H2,20,21,24)/t14-/m1/s1. The summed E-state index contributed by atoms with van der Waals surface area (Å²) >= 11 is 9.21. The van der Waals surface area contributed by atoms with E-state index < -0.39 is 0 Å². The summed E-state index contributed by atoms with van der Waals surface area (Å²) in [6.07, 6.45) is 0.274. The Morgan fingerprint density at radius 3 is 2.46 bits per heavy atom. The summed E-state index contributed by atoms with van der Waals surface area (Å²) in [5.74, 6) is -0.0220. The van der Waals surface area contributed by atoms with Crippen molar-refractivity contribution in [2.45, 2.75) is 12.5 Å². The molecule has 2 aromatic carbocycles. The average Bonchev–Trinajstić information content (AvgIpc) is 2.90. The fraction of sp³-hybridized carbons (Fsp3) is 0.176. The SMILES string of the molecule is O=C(Nc1ccc(Br)cc1)N[C@@H]1CC(=O)N(c2ccc(Cl)cc2)C1. The summed E-state index contributed by atoms with van der Waals surface area (Å²) in [4.78, 5) is 25.9. The van der Waals surface area contributed by atoms with Gasteiger partial charge in [0.2, 0.25) is 5.91 Å². The second kappa shape index (κ2) is 7.23. The van der Waals surface area contributed by atoms with E-state index in [-0.39, 0.29) is 24.4 Å². The van der Waals surface area contributed by atoms with Crippen LogP contribution in [0.3, 0.4) is 0 Å². The van der Waals surface area contributed by atoms with Gasteiger partial charge in [-0.05, 0) is 48.5 Å². The van der Waals surface area contributed by atoms with Crippen LogP contribution in [0.2, 0.25) is 5.02 Å². The van der Waals surface area contributed by atoms with Gasteiger partial charge in [0.1, 0.15) is 0 Å². The molecule has 3 rings (SSSR count). The topological polar surface area (TPSA) is 61.4 Å². The minimum Gasteiger partial charge on any atom is -0.333 e. The first kappa shape index (κ1) is 16.8. The molecule has 0 aliphatic carbocycles. The zero-order valence-corrected chi connectivity index (χ0v) is 15.0. The minimum atomic E-state index is -0.326. The largest absolute Gasteiger partial charge is 0.333 e. The molecule has 2 N–H and O–H groups in total. The third kappa shape index (κ3) is 4.07. The zero-order chi connectivity index (χ0) is 17.1. The average molecular weight is 409 g/mol. The number of carbonyl (C=O) groups excluding carboxylic acids is 2. The van der Waals surface area contributed by atoms with E-state index in [9.17, 15) is 9.59 Å². The third-order valence-corrected chi connectivity index (χ3v) is 4.48. The van der Waals surface area contributed by atoms with Crippen molar-refractivity contribution in [3.8, 4) is 0 Å². The summed E-state index contributed by atoms with van der Waals surface area (Å²) in [5.41, 5.74) is 1.47. The van der Waals surface area contributed by atoms with Crippen LogP contribution < -0.4 is 15.5 Å². The number of urea groups is 1. The van der Waals surface area contributed by atoms with Gasteiger partial charge < -0.3 is 15.5 Å². The summed E-state index contributed by atoms with van der Waals surface area (Å²) < 4.78 is 0.938. The Morgan fingerprint density at radius 2 is 1.79 bits per heavy atom. The molecule has 7 heteroatoms. The van der Waals surface area contributed by atoms with Crippen LogP contribution in [0, 0.1) is 0 Å². The van der Waals surface area contributed by atoms with Gasteiger partial charge in [0, 0.05) is 33.8 Å². The molecular weight excluding hydrogens is 394 g/mol. The zero-order valence-electron chi connectivity index (χ0n) is 12.6. The highest BCUT2D eigenvalue weighted by Gasteiger charge is 2.31. The maximum Gasteiger partial charge on any atom is 0.319 e. The van der Waals surface area contributed by atoms with Crippen LogP contribution in [-0.4, -0.2) is 24.5 Å². The van der Waals surface area contributed by atoms with E-state index in [1.807, 2.05) is 12.1 Å². The Balaban J connectivity index is 1.58. The number of nitrogens with zero attached hydrogens (tertiary/aromatic N) is 1. The van der Waals surface area contributed by atoms with Crippen LogP contribution in [0.25, 0.3) is 0 Å². The molecule has 1 fully saturated rings. The fourth-order valence-corrected chi connectivity index (χ4v) is 2.95. The van der Waals surface area contributed by atoms with Gasteiger partial charge >= 0.3 is 6.03 Å². The molecule has 24 heavy (non-hydrogen) atoms. The van der Waals surface area contributed by atoms with Crippen molar-refractivity contribution in [3.63, 3.8) is 0 Å². The van der Waals surface area contributed by atoms with Crippen LogP contribution in [0.4, 0.5) is 16.2 Å². The lowest BCUT2D eigenvalue weighted by Gasteiger charge is -2.17. The van der Waals surface area contributed by atoms with Crippen molar-refractivity contribution >= 4 is 50.8 Å². The molecule has 0 bridgehead atoms. The number of halogens is 2. The van der Waals surface area contributed by atoms with Crippen molar-refractivity contribution in [1.82, 2.24) is 5.32 Å². The van der Waals surface area contributed by atoms with Crippen molar-refractivity contribution in [2.24, 2.45) is 0 Å². The smallest absolute Gasteiger partial charge is 0.319 e. The van der Waals surface area contributed by atoms with Gasteiger partial charge in [-0.25, -0.2) is 4.79 Å². The summed E-state index contributed by atoms with van der Waals surface area (Å²) in [7, 11) is 0. The maximum atomic E-state index is 12.2. The van der Waals surface area contributed by atoms with Crippen LogP contribution in [0.5, 0.6) is 0 Å². The number of amides is 3. The molecule has 1 aliphatic heterocycles. The molecule has 0 spiro atoms. The molecular formula is C17H15BrClN3O2. The Bertz CT molecular complexity index is 749. The van der Waals surface area contributed by atoms with Crippen LogP contribution in [0.1, 0.15) is 6.42 Å². The van der Waals surface area contributed by atoms with Gasteiger partial charge in [0.15, 0.2) is 0 Å². The predicted molar refractivity (Wildman–Crippen MR) is 98.5 cm³/mol.